The third-order valence-corrected chi connectivity index (χ3v) is 10.7. The highest BCUT2D eigenvalue weighted by Gasteiger charge is 2.49. The number of esters is 1. The van der Waals surface area contributed by atoms with Gasteiger partial charge in [0.25, 0.3) is 8.32 Å². The van der Waals surface area contributed by atoms with Gasteiger partial charge in [0.15, 0.2) is 0 Å². The monoisotopic (exact) mass is 438 g/mol. The van der Waals surface area contributed by atoms with Crippen molar-refractivity contribution in [3.63, 3.8) is 0 Å². The fourth-order valence-electron chi connectivity index (χ4n) is 4.15. The third kappa shape index (κ3) is 6.91. The van der Waals surface area contributed by atoms with Gasteiger partial charge >= 0.3 is 5.97 Å². The van der Waals surface area contributed by atoms with Crippen LogP contribution in [-0.4, -0.2) is 27.5 Å². The van der Waals surface area contributed by atoms with Crippen molar-refractivity contribution in [3.8, 4) is 0 Å². The largest absolute Gasteiger partial charge is 0.466 e. The van der Waals surface area contributed by atoms with E-state index in [1.807, 2.05) is 6.92 Å². The first-order chi connectivity index (χ1) is 14.8. The Labute approximate surface area is 189 Å². The molecule has 3 nitrogen and oxygen atoms in total. The maximum Gasteiger partial charge on any atom is 0.309 e. The molecule has 2 aromatic rings. The smallest absolute Gasteiger partial charge is 0.309 e. The molecule has 0 N–H and O–H groups in total. The van der Waals surface area contributed by atoms with Gasteiger partial charge in [-0.15, -0.1) is 0 Å². The van der Waals surface area contributed by atoms with Gasteiger partial charge in [0, 0.05) is 6.61 Å². The molecular weight excluding hydrogens is 400 g/mol. The summed E-state index contributed by atoms with van der Waals surface area (Å²) in [6, 6.07) is 21.5. The number of ether oxygens (including phenoxy) is 1. The molecule has 168 valence electrons. The Kier molecular flexibility index (Phi) is 9.72. The van der Waals surface area contributed by atoms with Crippen LogP contribution in [0.1, 0.15) is 59.8 Å². The topological polar surface area (TPSA) is 35.5 Å². The summed E-state index contributed by atoms with van der Waals surface area (Å²) in [6.45, 7) is 13.9. The molecule has 4 heteroatoms. The standard InChI is InChI=1S/C27H38O3Si/c1-6-29-26(28)22-23(2)16-10-9-15-21-30-31(27(3,4)5,24-17-11-7-12-18-24)25-19-13-8-14-20-25/h7-8,11-14,17-20H,2,6,9-10,15-16,21-22H2,1,3-5H3. The van der Waals surface area contributed by atoms with Gasteiger partial charge in [-0.3, -0.25) is 4.79 Å². The van der Waals surface area contributed by atoms with Crippen molar-refractivity contribution in [2.75, 3.05) is 13.2 Å². The van der Waals surface area contributed by atoms with E-state index in [9.17, 15) is 4.79 Å². The summed E-state index contributed by atoms with van der Waals surface area (Å²) >= 11 is 0. The van der Waals surface area contributed by atoms with Gasteiger partial charge in [-0.2, -0.15) is 0 Å². The summed E-state index contributed by atoms with van der Waals surface area (Å²) in [7, 11) is -2.44. The van der Waals surface area contributed by atoms with E-state index in [1.165, 1.54) is 10.4 Å². The van der Waals surface area contributed by atoms with Gasteiger partial charge in [0.1, 0.15) is 0 Å². The molecular formula is C27H38O3Si. The fourth-order valence-corrected chi connectivity index (χ4v) is 8.75. The lowest BCUT2D eigenvalue weighted by molar-refractivity contribution is -0.142. The average molecular weight is 439 g/mol. The maximum absolute atomic E-state index is 11.6. The molecule has 0 aliphatic carbocycles. The van der Waals surface area contributed by atoms with E-state index in [0.29, 0.717) is 13.0 Å². The number of carbonyl (C=O) groups excluding carboxylic acids is 1. The molecule has 0 bridgehead atoms. The number of rotatable bonds is 12. The Morgan fingerprint density at radius 2 is 1.45 bits per heavy atom. The molecule has 0 spiro atoms. The van der Waals surface area contributed by atoms with E-state index in [1.54, 1.807) is 0 Å². The molecule has 0 fully saturated rings. The van der Waals surface area contributed by atoms with Gasteiger partial charge in [-0.1, -0.05) is 100 Å². The molecule has 2 rings (SSSR count). The molecule has 0 aromatic heterocycles. The molecule has 0 unspecified atom stereocenters. The molecule has 0 aliphatic heterocycles. The molecule has 2 aromatic carbocycles. The highest BCUT2D eigenvalue weighted by Crippen LogP contribution is 2.36. The number of hydrogen-bond donors (Lipinski definition) is 0. The molecule has 0 saturated heterocycles. The Balaban J connectivity index is 2.02. The highest BCUT2D eigenvalue weighted by molar-refractivity contribution is 6.99. The average Bonchev–Trinajstić information content (AvgIpc) is 2.74. The van der Waals surface area contributed by atoms with Crippen LogP contribution in [0.4, 0.5) is 0 Å². The van der Waals surface area contributed by atoms with Crippen LogP contribution in [0.5, 0.6) is 0 Å². The van der Waals surface area contributed by atoms with E-state index in [-0.39, 0.29) is 11.0 Å². The lowest BCUT2D eigenvalue weighted by atomic mass is 10.1. The van der Waals surface area contributed by atoms with Crippen molar-refractivity contribution in [2.45, 2.75) is 64.8 Å². The Morgan fingerprint density at radius 3 is 1.94 bits per heavy atom. The minimum absolute atomic E-state index is 0.00360. The van der Waals surface area contributed by atoms with Crippen LogP contribution < -0.4 is 10.4 Å². The first-order valence-corrected chi connectivity index (χ1v) is 13.3. The summed E-state index contributed by atoms with van der Waals surface area (Å²) in [5.41, 5.74) is 0.950. The van der Waals surface area contributed by atoms with E-state index in [0.717, 1.165) is 37.9 Å². The van der Waals surface area contributed by atoms with E-state index >= 15 is 0 Å². The van der Waals surface area contributed by atoms with Crippen LogP contribution in [0.25, 0.3) is 0 Å². The quantitative estimate of drug-likeness (QED) is 0.186. The van der Waals surface area contributed by atoms with E-state index in [2.05, 4.69) is 88.0 Å². The maximum atomic E-state index is 11.6. The predicted molar refractivity (Wildman–Crippen MR) is 132 cm³/mol. The number of hydrogen-bond acceptors (Lipinski definition) is 3. The van der Waals surface area contributed by atoms with Crippen molar-refractivity contribution >= 4 is 24.7 Å². The minimum Gasteiger partial charge on any atom is -0.466 e. The zero-order valence-corrected chi connectivity index (χ0v) is 20.7. The van der Waals surface area contributed by atoms with Crippen molar-refractivity contribution in [1.82, 2.24) is 0 Å². The van der Waals surface area contributed by atoms with Crippen LogP contribution in [0.3, 0.4) is 0 Å². The first-order valence-electron chi connectivity index (χ1n) is 11.4. The second-order valence-corrected chi connectivity index (χ2v) is 13.4. The summed E-state index contributed by atoms with van der Waals surface area (Å²) in [5, 5.41) is 2.64. The second-order valence-electron chi connectivity index (χ2n) is 9.05. The summed E-state index contributed by atoms with van der Waals surface area (Å²) < 4.78 is 11.9. The number of unbranched alkanes of at least 4 members (excludes halogenated alkanes) is 2. The van der Waals surface area contributed by atoms with Gasteiger partial charge < -0.3 is 9.16 Å². The van der Waals surface area contributed by atoms with Crippen molar-refractivity contribution in [1.29, 1.82) is 0 Å². The molecule has 0 aliphatic rings. The second kappa shape index (κ2) is 12.0. The number of carbonyl (C=O) groups is 1. The van der Waals surface area contributed by atoms with E-state index in [4.69, 9.17) is 9.16 Å². The summed E-state index contributed by atoms with van der Waals surface area (Å²) in [4.78, 5) is 11.6. The van der Waals surface area contributed by atoms with Crippen molar-refractivity contribution < 1.29 is 14.0 Å². The summed E-state index contributed by atoms with van der Waals surface area (Å²) in [6.07, 6.45) is 4.25. The van der Waals surface area contributed by atoms with Crippen molar-refractivity contribution in [3.05, 3.63) is 72.8 Å². The fraction of sp³-hybridized carbons (Fsp3) is 0.444. The minimum atomic E-state index is -2.44. The zero-order valence-electron chi connectivity index (χ0n) is 19.7. The molecule has 31 heavy (non-hydrogen) atoms. The lowest BCUT2D eigenvalue weighted by Gasteiger charge is -2.43. The van der Waals surface area contributed by atoms with Gasteiger partial charge in [0.2, 0.25) is 0 Å². The van der Waals surface area contributed by atoms with Crippen LogP contribution in [0, 0.1) is 0 Å². The van der Waals surface area contributed by atoms with Gasteiger partial charge in [-0.05, 0) is 41.6 Å². The van der Waals surface area contributed by atoms with Crippen LogP contribution in [0.15, 0.2) is 72.8 Å². The van der Waals surface area contributed by atoms with Crippen LogP contribution in [-0.2, 0) is 14.0 Å². The Hall–Kier alpha value is -2.17. The molecule has 0 amide bonds. The SMILES string of the molecule is C=C(CCCCCO[Si](c1ccccc1)(c1ccccc1)C(C)(C)C)CC(=O)OCC. The van der Waals surface area contributed by atoms with Crippen LogP contribution >= 0.6 is 0 Å². The zero-order chi connectivity index (χ0) is 22.7. The van der Waals surface area contributed by atoms with E-state index < -0.39 is 8.32 Å². The van der Waals surface area contributed by atoms with Gasteiger partial charge in [0.05, 0.1) is 13.0 Å². The molecule has 0 saturated carbocycles. The Bertz CT molecular complexity index is 770. The Morgan fingerprint density at radius 1 is 0.903 bits per heavy atom. The first kappa shape index (κ1) is 25.1. The lowest BCUT2D eigenvalue weighted by Crippen LogP contribution is -2.66. The normalized spacial score (nSPS) is 11.9. The van der Waals surface area contributed by atoms with Crippen LogP contribution in [0.2, 0.25) is 5.04 Å². The molecule has 0 heterocycles. The predicted octanol–water partition coefficient (Wildman–Crippen LogP) is 5.63. The van der Waals surface area contributed by atoms with Crippen molar-refractivity contribution in [2.24, 2.45) is 0 Å². The van der Waals surface area contributed by atoms with Gasteiger partial charge in [-0.25, -0.2) is 0 Å². The highest BCUT2D eigenvalue weighted by atomic mass is 28.4. The molecule has 0 atom stereocenters. The number of benzene rings is 2. The molecule has 0 radical (unpaired) electrons. The third-order valence-electron chi connectivity index (χ3n) is 5.61. The summed E-state index contributed by atoms with van der Waals surface area (Å²) in [5.74, 6) is -0.178.